The van der Waals surface area contributed by atoms with Crippen LogP contribution in [0, 0.1) is 5.92 Å². The number of anilines is 1. The number of para-hydroxylation sites is 1. The van der Waals surface area contributed by atoms with Gasteiger partial charge in [-0.3, -0.25) is 4.79 Å². The Hall–Kier alpha value is -2.55. The molecule has 0 radical (unpaired) electrons. The van der Waals surface area contributed by atoms with Crippen LogP contribution in [0.5, 0.6) is 11.5 Å². The molecule has 2 aliphatic heterocycles. The van der Waals surface area contributed by atoms with Crippen molar-refractivity contribution in [3.63, 3.8) is 0 Å². The standard InChI is InChI=1S/C24H28ClN3O4S/c1-4-31-18-8-5-7-17-20-19(22(29)26-16-11-9-15(25)10-12-16)24(2,32-21(17)18)28(23(33)27-20)13-6-14-30-3/h5,7-12,19-20H,4,6,13-14H2,1-3H3,(H,26,29)(H,27,33)/t19-,20+,24-/m0/s1. The summed E-state index contributed by atoms with van der Waals surface area (Å²) in [6.07, 6.45) is 0.730. The number of benzene rings is 2. The Bertz CT molecular complexity index is 1030. The van der Waals surface area contributed by atoms with Crippen LogP contribution in [0.1, 0.15) is 31.9 Å². The number of methoxy groups -OCH3 is 1. The molecular formula is C24H28ClN3O4S. The molecule has 0 saturated carbocycles. The average Bonchev–Trinajstić information content (AvgIpc) is 2.78. The molecule has 4 rings (SSSR count). The van der Waals surface area contributed by atoms with E-state index in [-0.39, 0.29) is 11.9 Å². The minimum atomic E-state index is -1.03. The molecule has 9 heteroatoms. The van der Waals surface area contributed by atoms with Gasteiger partial charge in [0.15, 0.2) is 22.3 Å². The second-order valence-electron chi connectivity index (χ2n) is 8.16. The first-order chi connectivity index (χ1) is 15.9. The number of carbonyl (C=O) groups excluding carboxylic acids is 1. The molecule has 0 spiro atoms. The normalized spacial score (nSPS) is 23.3. The summed E-state index contributed by atoms with van der Waals surface area (Å²) in [4.78, 5) is 15.6. The van der Waals surface area contributed by atoms with Crippen LogP contribution in [-0.2, 0) is 9.53 Å². The Morgan fingerprint density at radius 1 is 1.30 bits per heavy atom. The van der Waals surface area contributed by atoms with Crippen LogP contribution in [0.3, 0.4) is 0 Å². The molecule has 1 amide bonds. The van der Waals surface area contributed by atoms with Gasteiger partial charge in [-0.25, -0.2) is 0 Å². The largest absolute Gasteiger partial charge is 0.490 e. The quantitative estimate of drug-likeness (QED) is 0.421. The molecular weight excluding hydrogens is 462 g/mol. The minimum absolute atomic E-state index is 0.177. The number of halogens is 1. The third kappa shape index (κ3) is 4.47. The minimum Gasteiger partial charge on any atom is -0.490 e. The fourth-order valence-corrected chi connectivity index (χ4v) is 5.08. The first-order valence-corrected chi connectivity index (χ1v) is 11.8. The number of nitrogens with one attached hydrogen (secondary N) is 2. The van der Waals surface area contributed by atoms with Gasteiger partial charge in [0.05, 0.1) is 12.6 Å². The fraction of sp³-hybridized carbons (Fsp3) is 0.417. The van der Waals surface area contributed by atoms with Gasteiger partial charge in [-0.05, 0) is 62.8 Å². The van der Waals surface area contributed by atoms with E-state index in [1.807, 2.05) is 36.9 Å². The summed E-state index contributed by atoms with van der Waals surface area (Å²) in [5, 5.41) is 7.57. The van der Waals surface area contributed by atoms with Gasteiger partial charge in [-0.1, -0.05) is 23.7 Å². The van der Waals surface area contributed by atoms with E-state index in [4.69, 9.17) is 38.0 Å². The van der Waals surface area contributed by atoms with Crippen molar-refractivity contribution in [3.8, 4) is 11.5 Å². The van der Waals surface area contributed by atoms with Crippen molar-refractivity contribution in [2.75, 3.05) is 32.2 Å². The van der Waals surface area contributed by atoms with Crippen LogP contribution < -0.4 is 20.1 Å². The number of thiocarbonyl (C=S) groups is 1. The summed E-state index contributed by atoms with van der Waals surface area (Å²) < 4.78 is 17.7. The number of hydrogen-bond acceptors (Lipinski definition) is 5. The van der Waals surface area contributed by atoms with Gasteiger partial charge >= 0.3 is 0 Å². The summed E-state index contributed by atoms with van der Waals surface area (Å²) in [7, 11) is 1.66. The SMILES string of the molecule is CCOc1cccc2c1O[C@@]1(C)[C@H](C(=O)Nc3ccc(Cl)cc3)[C@@H]2NC(=S)N1CCCOC. The van der Waals surface area contributed by atoms with Gasteiger partial charge in [0, 0.05) is 36.5 Å². The highest BCUT2D eigenvalue weighted by molar-refractivity contribution is 7.80. The zero-order valence-corrected chi connectivity index (χ0v) is 20.5. The van der Waals surface area contributed by atoms with E-state index >= 15 is 0 Å². The van der Waals surface area contributed by atoms with Gasteiger partial charge < -0.3 is 29.7 Å². The molecule has 0 aromatic heterocycles. The molecule has 7 nitrogen and oxygen atoms in total. The van der Waals surface area contributed by atoms with Gasteiger partial charge in [0.1, 0.15) is 5.92 Å². The molecule has 2 aromatic carbocycles. The molecule has 3 atom stereocenters. The summed E-state index contributed by atoms with van der Waals surface area (Å²) in [5.41, 5.74) is 0.472. The lowest BCUT2D eigenvalue weighted by Gasteiger charge is -2.56. The van der Waals surface area contributed by atoms with E-state index in [1.165, 1.54) is 0 Å². The smallest absolute Gasteiger partial charge is 0.236 e. The fourth-order valence-electron chi connectivity index (χ4n) is 4.55. The van der Waals surface area contributed by atoms with Crippen molar-refractivity contribution < 1.29 is 19.0 Å². The zero-order valence-electron chi connectivity index (χ0n) is 18.9. The lowest BCUT2D eigenvalue weighted by Crippen LogP contribution is -2.71. The van der Waals surface area contributed by atoms with Gasteiger partial charge in [-0.15, -0.1) is 0 Å². The average molecular weight is 490 g/mol. The van der Waals surface area contributed by atoms with Crippen LogP contribution in [0.2, 0.25) is 5.02 Å². The molecule has 0 aliphatic carbocycles. The van der Waals surface area contributed by atoms with Crippen LogP contribution in [0.15, 0.2) is 42.5 Å². The maximum Gasteiger partial charge on any atom is 0.236 e. The zero-order chi connectivity index (χ0) is 23.6. The Balaban J connectivity index is 1.75. The van der Waals surface area contributed by atoms with Crippen molar-refractivity contribution in [2.24, 2.45) is 5.92 Å². The highest BCUT2D eigenvalue weighted by Gasteiger charge is 2.59. The van der Waals surface area contributed by atoms with Gasteiger partial charge in [-0.2, -0.15) is 0 Å². The third-order valence-electron chi connectivity index (χ3n) is 6.05. The lowest BCUT2D eigenvalue weighted by atomic mass is 9.78. The number of fused-ring (bicyclic) bond motifs is 4. The predicted octanol–water partition coefficient (Wildman–Crippen LogP) is 4.37. The van der Waals surface area contributed by atoms with Crippen molar-refractivity contribution in [3.05, 3.63) is 53.1 Å². The highest BCUT2D eigenvalue weighted by Crippen LogP contribution is 2.51. The van der Waals surface area contributed by atoms with E-state index in [2.05, 4.69) is 10.6 Å². The molecule has 2 N–H and O–H groups in total. The second kappa shape index (κ2) is 9.75. The molecule has 2 bridgehead atoms. The molecule has 1 saturated heterocycles. The first-order valence-electron chi connectivity index (χ1n) is 11.0. The number of carbonyl (C=O) groups is 1. The molecule has 1 fully saturated rings. The van der Waals surface area contributed by atoms with Crippen molar-refractivity contribution in [1.82, 2.24) is 10.2 Å². The van der Waals surface area contributed by atoms with Crippen molar-refractivity contribution >= 4 is 40.5 Å². The Morgan fingerprint density at radius 3 is 2.76 bits per heavy atom. The molecule has 176 valence electrons. The van der Waals surface area contributed by atoms with Crippen LogP contribution >= 0.6 is 23.8 Å². The molecule has 33 heavy (non-hydrogen) atoms. The Kier molecular flexibility index (Phi) is 6.97. The van der Waals surface area contributed by atoms with E-state index < -0.39 is 11.6 Å². The van der Waals surface area contributed by atoms with Crippen molar-refractivity contribution in [1.29, 1.82) is 0 Å². The summed E-state index contributed by atoms with van der Waals surface area (Å²) >= 11 is 11.7. The Morgan fingerprint density at radius 2 is 2.06 bits per heavy atom. The molecule has 2 aromatic rings. The third-order valence-corrected chi connectivity index (χ3v) is 6.64. The monoisotopic (exact) mass is 489 g/mol. The van der Waals surface area contributed by atoms with E-state index in [9.17, 15) is 4.79 Å². The van der Waals surface area contributed by atoms with E-state index in [1.54, 1.807) is 31.4 Å². The Labute approximate surface area is 204 Å². The molecule has 0 unspecified atom stereocenters. The molecule has 2 heterocycles. The highest BCUT2D eigenvalue weighted by atomic mass is 35.5. The maximum atomic E-state index is 13.7. The number of rotatable bonds is 8. The van der Waals surface area contributed by atoms with Crippen LogP contribution in [0.4, 0.5) is 5.69 Å². The lowest BCUT2D eigenvalue weighted by molar-refractivity contribution is -0.150. The number of hydrogen-bond donors (Lipinski definition) is 2. The predicted molar refractivity (Wildman–Crippen MR) is 132 cm³/mol. The molecule has 2 aliphatic rings. The second-order valence-corrected chi connectivity index (χ2v) is 8.99. The van der Waals surface area contributed by atoms with E-state index in [0.29, 0.717) is 47.1 Å². The van der Waals surface area contributed by atoms with Crippen LogP contribution in [-0.4, -0.2) is 48.5 Å². The summed E-state index contributed by atoms with van der Waals surface area (Å²) in [5.74, 6) is 0.513. The topological polar surface area (TPSA) is 72.1 Å². The van der Waals surface area contributed by atoms with Crippen molar-refractivity contribution in [2.45, 2.75) is 32.0 Å². The summed E-state index contributed by atoms with van der Waals surface area (Å²) in [6.45, 7) is 5.49. The number of amides is 1. The van der Waals surface area contributed by atoms with Gasteiger partial charge in [0.2, 0.25) is 5.91 Å². The number of nitrogens with zero attached hydrogens (tertiary/aromatic N) is 1. The summed E-state index contributed by atoms with van der Waals surface area (Å²) in [6, 6.07) is 12.4. The van der Waals surface area contributed by atoms with E-state index in [0.717, 1.165) is 12.0 Å². The van der Waals surface area contributed by atoms with Crippen LogP contribution in [0.25, 0.3) is 0 Å². The first kappa shape index (κ1) is 23.6. The van der Waals surface area contributed by atoms with Gasteiger partial charge in [0.25, 0.3) is 0 Å². The maximum absolute atomic E-state index is 13.7. The number of ether oxygens (including phenoxy) is 3.